The summed E-state index contributed by atoms with van der Waals surface area (Å²) < 4.78 is 0. The molecule has 0 saturated carbocycles. The van der Waals surface area contributed by atoms with Gasteiger partial charge < -0.3 is 27.1 Å². The molecule has 0 aromatic rings. The van der Waals surface area contributed by atoms with E-state index in [1.165, 1.54) is 0 Å². The molecule has 0 rings (SSSR count). The van der Waals surface area contributed by atoms with Gasteiger partial charge in [-0.25, -0.2) is 0 Å². The maximum absolute atomic E-state index is 11.1. The highest BCUT2D eigenvalue weighted by molar-refractivity contribution is 5.84. The summed E-state index contributed by atoms with van der Waals surface area (Å²) in [7, 11) is 0. The summed E-state index contributed by atoms with van der Waals surface area (Å²) in [5.41, 5.74) is 5.50. The average molecular weight is 224 g/mol. The number of amides is 1. The van der Waals surface area contributed by atoms with Gasteiger partial charge in [-0.2, -0.15) is 0 Å². The molecule has 0 aromatic carbocycles. The van der Waals surface area contributed by atoms with Crippen LogP contribution < -0.4 is 11.1 Å². The van der Waals surface area contributed by atoms with Crippen molar-refractivity contribution in [3.8, 4) is 0 Å². The second-order valence-corrected chi connectivity index (χ2v) is 3.35. The Morgan fingerprint density at radius 1 is 1.33 bits per heavy atom. The Labute approximate surface area is 88.3 Å². The largest absolute Gasteiger partial charge is 0.480 e. The first-order valence-corrected chi connectivity index (χ1v) is 4.18. The van der Waals surface area contributed by atoms with E-state index in [9.17, 15) is 9.59 Å². The molecular formula is C8H20N2O5. The minimum Gasteiger partial charge on any atom is -0.480 e. The highest BCUT2D eigenvalue weighted by Gasteiger charge is 2.14. The van der Waals surface area contributed by atoms with Gasteiger partial charge in [0.2, 0.25) is 5.91 Å². The molecule has 7 heteroatoms. The fourth-order valence-corrected chi connectivity index (χ4v) is 0.909. The molecule has 8 N–H and O–H groups in total. The van der Waals surface area contributed by atoms with Gasteiger partial charge in [0, 0.05) is 0 Å². The van der Waals surface area contributed by atoms with Crippen LogP contribution in [0.2, 0.25) is 0 Å². The van der Waals surface area contributed by atoms with Crippen LogP contribution in [-0.4, -0.2) is 40.5 Å². The molecule has 0 aromatic heterocycles. The average Bonchev–Trinajstić information content (AvgIpc) is 1.98. The molecule has 0 saturated heterocycles. The summed E-state index contributed by atoms with van der Waals surface area (Å²) in [5, 5.41) is 10.5. The van der Waals surface area contributed by atoms with E-state index in [1.807, 2.05) is 13.8 Å². The molecular weight excluding hydrogens is 204 g/mol. The normalized spacial score (nSPS) is 10.9. The topological polar surface area (TPSA) is 155 Å². The molecule has 0 radical (unpaired) electrons. The lowest BCUT2D eigenvalue weighted by atomic mass is 10.0. The SMILES string of the molecule is CC(C)C[C@H](N)C(=O)NCC(=O)O.O.O. The third-order valence-corrected chi connectivity index (χ3v) is 1.48. The van der Waals surface area contributed by atoms with Crippen LogP contribution in [-0.2, 0) is 9.59 Å². The quantitative estimate of drug-likeness (QED) is 0.489. The summed E-state index contributed by atoms with van der Waals surface area (Å²) >= 11 is 0. The Morgan fingerprint density at radius 2 is 1.80 bits per heavy atom. The number of nitrogens with two attached hydrogens (primary N) is 1. The number of carbonyl (C=O) groups is 2. The summed E-state index contributed by atoms with van der Waals surface area (Å²) in [6.07, 6.45) is 0.561. The Balaban J connectivity index is -0.000000720. The zero-order valence-corrected chi connectivity index (χ0v) is 8.91. The van der Waals surface area contributed by atoms with Crippen molar-refractivity contribution in [3.63, 3.8) is 0 Å². The van der Waals surface area contributed by atoms with Crippen LogP contribution in [0.25, 0.3) is 0 Å². The third-order valence-electron chi connectivity index (χ3n) is 1.48. The van der Waals surface area contributed by atoms with Crippen LogP contribution in [0.3, 0.4) is 0 Å². The summed E-state index contributed by atoms with van der Waals surface area (Å²) in [6, 6.07) is -0.612. The predicted molar refractivity (Wildman–Crippen MR) is 55.3 cm³/mol. The lowest BCUT2D eigenvalue weighted by Gasteiger charge is -2.12. The van der Waals surface area contributed by atoms with Gasteiger partial charge in [0.15, 0.2) is 0 Å². The van der Waals surface area contributed by atoms with Crippen molar-refractivity contribution >= 4 is 11.9 Å². The molecule has 0 bridgehead atoms. The Hall–Kier alpha value is -1.18. The van der Waals surface area contributed by atoms with Crippen LogP contribution in [0.4, 0.5) is 0 Å². The molecule has 0 aliphatic carbocycles. The Morgan fingerprint density at radius 3 is 2.13 bits per heavy atom. The van der Waals surface area contributed by atoms with E-state index in [-0.39, 0.29) is 17.5 Å². The smallest absolute Gasteiger partial charge is 0.322 e. The van der Waals surface area contributed by atoms with E-state index in [0.717, 1.165) is 0 Å². The highest BCUT2D eigenvalue weighted by atomic mass is 16.4. The third kappa shape index (κ3) is 10.7. The van der Waals surface area contributed by atoms with E-state index < -0.39 is 17.9 Å². The fourth-order valence-electron chi connectivity index (χ4n) is 0.909. The molecule has 7 nitrogen and oxygen atoms in total. The van der Waals surface area contributed by atoms with E-state index in [4.69, 9.17) is 10.8 Å². The minimum absolute atomic E-state index is 0. The molecule has 0 spiro atoms. The number of nitrogens with one attached hydrogen (secondary N) is 1. The first kappa shape index (κ1) is 19.4. The summed E-state index contributed by atoms with van der Waals surface area (Å²) in [5.74, 6) is -1.15. The van der Waals surface area contributed by atoms with Crippen molar-refractivity contribution in [1.82, 2.24) is 5.32 Å². The van der Waals surface area contributed by atoms with Crippen LogP contribution >= 0.6 is 0 Å². The zero-order chi connectivity index (χ0) is 10.4. The van der Waals surface area contributed by atoms with E-state index in [2.05, 4.69) is 5.32 Å². The van der Waals surface area contributed by atoms with Crippen molar-refractivity contribution in [1.29, 1.82) is 0 Å². The number of carboxylic acid groups (broad SMARTS) is 1. The molecule has 1 amide bonds. The lowest BCUT2D eigenvalue weighted by molar-refractivity contribution is -0.138. The van der Waals surface area contributed by atoms with Gasteiger partial charge in [-0.05, 0) is 12.3 Å². The standard InChI is InChI=1S/C8H16N2O3.2H2O/c1-5(2)3-6(9)8(13)10-4-7(11)12;;/h5-6H,3-4,9H2,1-2H3,(H,10,13)(H,11,12);2*1H2/t6-;;/m0../s1. The fraction of sp³-hybridized carbons (Fsp3) is 0.750. The van der Waals surface area contributed by atoms with Gasteiger partial charge in [-0.15, -0.1) is 0 Å². The second kappa shape index (κ2) is 9.38. The van der Waals surface area contributed by atoms with Gasteiger partial charge in [-0.3, -0.25) is 9.59 Å². The number of hydrogen-bond donors (Lipinski definition) is 3. The van der Waals surface area contributed by atoms with Crippen LogP contribution in [0.5, 0.6) is 0 Å². The zero-order valence-electron chi connectivity index (χ0n) is 8.91. The van der Waals surface area contributed by atoms with E-state index in [0.29, 0.717) is 12.3 Å². The monoisotopic (exact) mass is 224 g/mol. The number of hydrogen-bond acceptors (Lipinski definition) is 3. The number of carboxylic acids is 1. The maximum atomic E-state index is 11.1. The van der Waals surface area contributed by atoms with Crippen LogP contribution in [0.1, 0.15) is 20.3 Å². The lowest BCUT2D eigenvalue weighted by Crippen LogP contribution is -2.43. The first-order chi connectivity index (χ1) is 5.93. The van der Waals surface area contributed by atoms with Gasteiger partial charge in [0.25, 0.3) is 0 Å². The Bertz CT molecular complexity index is 195. The van der Waals surface area contributed by atoms with Crippen molar-refractivity contribution < 1.29 is 25.6 Å². The van der Waals surface area contributed by atoms with Crippen molar-refractivity contribution in [3.05, 3.63) is 0 Å². The Kier molecular flexibility index (Phi) is 12.1. The minimum atomic E-state index is -1.06. The maximum Gasteiger partial charge on any atom is 0.322 e. The molecule has 0 fully saturated rings. The first-order valence-electron chi connectivity index (χ1n) is 4.18. The predicted octanol–water partition coefficient (Wildman–Crippen LogP) is -2.09. The second-order valence-electron chi connectivity index (χ2n) is 3.35. The number of rotatable bonds is 5. The van der Waals surface area contributed by atoms with Gasteiger partial charge in [0.1, 0.15) is 6.54 Å². The molecule has 92 valence electrons. The summed E-state index contributed by atoms with van der Waals surface area (Å²) in [4.78, 5) is 21.2. The number of aliphatic carboxylic acids is 1. The number of carbonyl (C=O) groups excluding carboxylic acids is 1. The molecule has 0 heterocycles. The summed E-state index contributed by atoms with van der Waals surface area (Å²) in [6.45, 7) is 3.53. The van der Waals surface area contributed by atoms with Gasteiger partial charge in [-0.1, -0.05) is 13.8 Å². The molecule has 15 heavy (non-hydrogen) atoms. The van der Waals surface area contributed by atoms with Crippen LogP contribution in [0.15, 0.2) is 0 Å². The van der Waals surface area contributed by atoms with Gasteiger partial charge in [0.05, 0.1) is 6.04 Å². The molecule has 0 unspecified atom stereocenters. The molecule has 1 atom stereocenters. The van der Waals surface area contributed by atoms with Gasteiger partial charge >= 0.3 is 5.97 Å². The van der Waals surface area contributed by atoms with E-state index in [1.54, 1.807) is 0 Å². The highest BCUT2D eigenvalue weighted by Crippen LogP contribution is 2.01. The van der Waals surface area contributed by atoms with E-state index >= 15 is 0 Å². The molecule has 0 aliphatic heterocycles. The van der Waals surface area contributed by atoms with Crippen molar-refractivity contribution in [2.45, 2.75) is 26.3 Å². The van der Waals surface area contributed by atoms with Crippen molar-refractivity contribution in [2.75, 3.05) is 6.54 Å². The van der Waals surface area contributed by atoms with Crippen LogP contribution in [0, 0.1) is 5.92 Å². The molecule has 0 aliphatic rings. The van der Waals surface area contributed by atoms with Crippen molar-refractivity contribution in [2.24, 2.45) is 11.7 Å².